The average molecular weight is 271 g/mol. The Labute approximate surface area is 114 Å². The molecule has 0 fully saturated rings. The van der Waals surface area contributed by atoms with Crippen molar-refractivity contribution in [2.45, 2.75) is 12.5 Å². The Morgan fingerprint density at radius 2 is 2.00 bits per heavy atom. The van der Waals surface area contributed by atoms with Crippen LogP contribution in [0.25, 0.3) is 0 Å². The van der Waals surface area contributed by atoms with E-state index < -0.39 is 17.3 Å². The van der Waals surface area contributed by atoms with Gasteiger partial charge >= 0.3 is 5.69 Å². The Hall–Kier alpha value is -2.65. The van der Waals surface area contributed by atoms with Crippen LogP contribution in [0.15, 0.2) is 46.1 Å². The van der Waals surface area contributed by atoms with Crippen molar-refractivity contribution in [3.8, 4) is 6.07 Å². The molecule has 2 N–H and O–H groups in total. The summed E-state index contributed by atoms with van der Waals surface area (Å²) in [4.78, 5) is 25.2. The lowest BCUT2D eigenvalue weighted by molar-refractivity contribution is 0.223. The maximum absolute atomic E-state index is 11.8. The predicted molar refractivity (Wildman–Crippen MR) is 72.3 cm³/mol. The van der Waals surface area contributed by atoms with Crippen molar-refractivity contribution < 1.29 is 5.11 Å². The smallest absolute Gasteiger partial charge is 0.328 e. The topological polar surface area (TPSA) is 98.9 Å². The lowest BCUT2D eigenvalue weighted by Crippen LogP contribution is -2.35. The first-order chi connectivity index (χ1) is 9.65. The largest absolute Gasteiger partial charge is 0.394 e. The molecule has 0 saturated heterocycles. The molecule has 1 aromatic heterocycles. The van der Waals surface area contributed by atoms with Crippen LogP contribution in [0.4, 0.5) is 0 Å². The second-order valence-corrected chi connectivity index (χ2v) is 4.35. The lowest BCUT2D eigenvalue weighted by atomic mass is 10.1. The third kappa shape index (κ3) is 2.84. The van der Waals surface area contributed by atoms with Gasteiger partial charge in [-0.3, -0.25) is 14.3 Å². The third-order valence-electron chi connectivity index (χ3n) is 3.01. The van der Waals surface area contributed by atoms with Crippen molar-refractivity contribution in [1.29, 1.82) is 5.26 Å². The Balaban J connectivity index is 2.40. The summed E-state index contributed by atoms with van der Waals surface area (Å²) >= 11 is 0. The highest BCUT2D eigenvalue weighted by atomic mass is 16.3. The van der Waals surface area contributed by atoms with E-state index >= 15 is 0 Å². The standard InChI is InChI=1S/C14H13N3O3/c15-7-11-8-17(14(20)16-13(11)19)12(9-18)6-10-4-2-1-3-5-10/h1-5,8,12,18H,6,9H2,(H,16,19,20). The van der Waals surface area contributed by atoms with E-state index in [-0.39, 0.29) is 12.2 Å². The molecule has 0 aliphatic carbocycles. The van der Waals surface area contributed by atoms with Gasteiger partial charge in [0.25, 0.3) is 5.56 Å². The fraction of sp³-hybridized carbons (Fsp3) is 0.214. The van der Waals surface area contributed by atoms with Crippen LogP contribution in [-0.2, 0) is 6.42 Å². The molecule has 102 valence electrons. The summed E-state index contributed by atoms with van der Waals surface area (Å²) < 4.78 is 1.19. The van der Waals surface area contributed by atoms with Crippen LogP contribution in [0, 0.1) is 11.3 Å². The van der Waals surface area contributed by atoms with Crippen molar-refractivity contribution in [3.05, 3.63) is 68.5 Å². The zero-order valence-electron chi connectivity index (χ0n) is 10.6. The van der Waals surface area contributed by atoms with Gasteiger partial charge in [-0.1, -0.05) is 30.3 Å². The van der Waals surface area contributed by atoms with Gasteiger partial charge in [0, 0.05) is 6.20 Å². The number of aliphatic hydroxyl groups excluding tert-OH is 1. The third-order valence-corrected chi connectivity index (χ3v) is 3.01. The molecule has 6 nitrogen and oxygen atoms in total. The molecule has 0 bridgehead atoms. The van der Waals surface area contributed by atoms with Gasteiger partial charge in [-0.05, 0) is 12.0 Å². The normalized spacial score (nSPS) is 11.8. The van der Waals surface area contributed by atoms with Crippen molar-refractivity contribution >= 4 is 0 Å². The SMILES string of the molecule is N#Cc1cn(C(CO)Cc2ccccc2)c(=O)[nH]c1=O. The first-order valence-electron chi connectivity index (χ1n) is 6.06. The van der Waals surface area contributed by atoms with Crippen molar-refractivity contribution in [1.82, 2.24) is 9.55 Å². The zero-order chi connectivity index (χ0) is 14.5. The molecule has 6 heteroatoms. The quantitative estimate of drug-likeness (QED) is 0.828. The first kappa shape index (κ1) is 13.8. The van der Waals surface area contributed by atoms with Gasteiger partial charge in [-0.2, -0.15) is 5.26 Å². The molecular weight excluding hydrogens is 258 g/mol. The molecule has 1 unspecified atom stereocenters. The van der Waals surface area contributed by atoms with Gasteiger partial charge in [0.15, 0.2) is 0 Å². The van der Waals surface area contributed by atoms with E-state index in [1.165, 1.54) is 10.8 Å². The summed E-state index contributed by atoms with van der Waals surface area (Å²) in [6, 6.07) is 10.5. The number of hydrogen-bond acceptors (Lipinski definition) is 4. The second-order valence-electron chi connectivity index (χ2n) is 4.35. The van der Waals surface area contributed by atoms with Crippen LogP contribution < -0.4 is 11.2 Å². The number of aromatic amines is 1. The van der Waals surface area contributed by atoms with Crippen LogP contribution in [-0.4, -0.2) is 21.3 Å². The summed E-state index contributed by atoms with van der Waals surface area (Å²) in [5, 5.41) is 18.3. The molecule has 2 rings (SSSR count). The molecule has 0 saturated carbocycles. The molecule has 0 amide bonds. The molecule has 20 heavy (non-hydrogen) atoms. The van der Waals surface area contributed by atoms with E-state index in [1.54, 1.807) is 6.07 Å². The number of aliphatic hydroxyl groups is 1. The zero-order valence-corrected chi connectivity index (χ0v) is 10.6. The van der Waals surface area contributed by atoms with Gasteiger partial charge in [0.1, 0.15) is 11.6 Å². The van der Waals surface area contributed by atoms with Crippen LogP contribution in [0.1, 0.15) is 17.2 Å². The molecule has 0 aliphatic heterocycles. The maximum atomic E-state index is 11.8. The number of rotatable bonds is 4. The molecule has 1 aromatic carbocycles. The molecule has 1 heterocycles. The fourth-order valence-electron chi connectivity index (χ4n) is 1.97. The van der Waals surface area contributed by atoms with E-state index in [1.807, 2.05) is 30.3 Å². The summed E-state index contributed by atoms with van der Waals surface area (Å²) in [5.74, 6) is 0. The van der Waals surface area contributed by atoms with Gasteiger partial charge in [-0.25, -0.2) is 4.79 Å². The number of H-pyrrole nitrogens is 1. The van der Waals surface area contributed by atoms with Gasteiger partial charge < -0.3 is 5.11 Å². The maximum Gasteiger partial charge on any atom is 0.328 e. The Morgan fingerprint density at radius 3 is 2.60 bits per heavy atom. The predicted octanol–water partition coefficient (Wildman–Crippen LogP) is 0.184. The molecular formula is C14H13N3O3. The number of aromatic nitrogens is 2. The lowest BCUT2D eigenvalue weighted by Gasteiger charge is -2.17. The minimum atomic E-state index is -0.717. The number of nitrogens with one attached hydrogen (secondary N) is 1. The molecule has 0 radical (unpaired) electrons. The van der Waals surface area contributed by atoms with E-state index in [4.69, 9.17) is 5.26 Å². The molecule has 0 aliphatic rings. The number of hydrogen-bond donors (Lipinski definition) is 2. The minimum Gasteiger partial charge on any atom is -0.394 e. The molecule has 0 spiro atoms. The van der Waals surface area contributed by atoms with Gasteiger partial charge in [-0.15, -0.1) is 0 Å². The summed E-state index contributed by atoms with van der Waals surface area (Å²) in [6.07, 6.45) is 1.61. The Bertz CT molecular complexity index is 741. The summed E-state index contributed by atoms with van der Waals surface area (Å²) in [6.45, 7) is -0.272. The van der Waals surface area contributed by atoms with Crippen LogP contribution >= 0.6 is 0 Å². The molecule has 2 aromatic rings. The highest BCUT2D eigenvalue weighted by Gasteiger charge is 2.14. The van der Waals surface area contributed by atoms with Crippen molar-refractivity contribution in [3.63, 3.8) is 0 Å². The minimum absolute atomic E-state index is 0.156. The first-order valence-corrected chi connectivity index (χ1v) is 6.06. The summed E-state index contributed by atoms with van der Waals surface area (Å²) in [7, 11) is 0. The highest BCUT2D eigenvalue weighted by Crippen LogP contribution is 2.11. The number of benzene rings is 1. The van der Waals surface area contributed by atoms with E-state index in [0.717, 1.165) is 5.56 Å². The van der Waals surface area contributed by atoms with Crippen molar-refractivity contribution in [2.75, 3.05) is 6.61 Å². The van der Waals surface area contributed by atoms with E-state index in [0.29, 0.717) is 6.42 Å². The fourth-order valence-corrected chi connectivity index (χ4v) is 1.97. The van der Waals surface area contributed by atoms with Crippen LogP contribution in [0.2, 0.25) is 0 Å². The van der Waals surface area contributed by atoms with Crippen molar-refractivity contribution in [2.24, 2.45) is 0 Å². The second kappa shape index (κ2) is 5.99. The Morgan fingerprint density at radius 1 is 1.30 bits per heavy atom. The monoisotopic (exact) mass is 271 g/mol. The molecule has 1 atom stereocenters. The summed E-state index contributed by atoms with van der Waals surface area (Å²) in [5.41, 5.74) is -0.562. The van der Waals surface area contributed by atoms with Gasteiger partial charge in [0.05, 0.1) is 12.6 Å². The van der Waals surface area contributed by atoms with Crippen LogP contribution in [0.5, 0.6) is 0 Å². The highest BCUT2D eigenvalue weighted by molar-refractivity contribution is 5.22. The number of nitriles is 1. The van der Waals surface area contributed by atoms with E-state index in [9.17, 15) is 14.7 Å². The van der Waals surface area contributed by atoms with Gasteiger partial charge in [0.2, 0.25) is 0 Å². The van der Waals surface area contributed by atoms with Crippen LogP contribution in [0.3, 0.4) is 0 Å². The van der Waals surface area contributed by atoms with E-state index in [2.05, 4.69) is 4.98 Å². The number of nitrogens with zero attached hydrogens (tertiary/aromatic N) is 2. The Kier molecular flexibility index (Phi) is 4.13. The average Bonchev–Trinajstić information content (AvgIpc) is 2.46.